The first-order valence-corrected chi connectivity index (χ1v) is 3.19. The number of ether oxygens (including phenoxy) is 1. The van der Waals surface area contributed by atoms with Crippen LogP contribution in [-0.4, -0.2) is 27.4 Å². The van der Waals surface area contributed by atoms with E-state index in [1.807, 2.05) is 0 Å². The summed E-state index contributed by atoms with van der Waals surface area (Å²) in [6.45, 7) is 0. The summed E-state index contributed by atoms with van der Waals surface area (Å²) in [5, 5.41) is 8.37. The largest absolute Gasteiger partial charge is 0.575 e. The maximum Gasteiger partial charge on any atom is 0.575 e. The third kappa shape index (κ3) is 2.88. The van der Waals surface area contributed by atoms with Gasteiger partial charge < -0.3 is 9.84 Å². The summed E-state index contributed by atoms with van der Waals surface area (Å²) in [4.78, 5) is 16.4. The van der Waals surface area contributed by atoms with Crippen molar-refractivity contribution in [1.29, 1.82) is 0 Å². The average molecular weight is 208 g/mol. The number of hydrogen-bond donors (Lipinski definition) is 1. The fraction of sp³-hybridized carbons (Fsp3) is 0.167. The summed E-state index contributed by atoms with van der Waals surface area (Å²) < 4.78 is 38.1. The Kier molecular flexibility index (Phi) is 2.54. The summed E-state index contributed by atoms with van der Waals surface area (Å²) in [5.41, 5.74) is -0.320. The number of aromatic carboxylic acids is 1. The predicted octanol–water partition coefficient (Wildman–Crippen LogP) is 1.07. The molecule has 0 radical (unpaired) electrons. The van der Waals surface area contributed by atoms with E-state index in [0.717, 1.165) is 12.4 Å². The first-order valence-electron chi connectivity index (χ1n) is 3.19. The van der Waals surface area contributed by atoms with E-state index >= 15 is 0 Å². The van der Waals surface area contributed by atoms with Crippen molar-refractivity contribution in [3.8, 4) is 6.01 Å². The number of rotatable bonds is 2. The van der Waals surface area contributed by atoms with E-state index in [4.69, 9.17) is 5.11 Å². The topological polar surface area (TPSA) is 72.3 Å². The fourth-order valence-electron chi connectivity index (χ4n) is 0.583. The number of alkyl halides is 3. The number of nitrogens with zero attached hydrogens (tertiary/aromatic N) is 2. The Hall–Kier alpha value is -1.86. The fourth-order valence-corrected chi connectivity index (χ4v) is 0.583. The van der Waals surface area contributed by atoms with Gasteiger partial charge in [0.05, 0.1) is 5.56 Å². The second-order valence-corrected chi connectivity index (χ2v) is 2.11. The smallest absolute Gasteiger partial charge is 0.478 e. The van der Waals surface area contributed by atoms with Crippen LogP contribution >= 0.6 is 0 Å². The zero-order valence-corrected chi connectivity index (χ0v) is 6.45. The van der Waals surface area contributed by atoms with Crippen LogP contribution < -0.4 is 4.74 Å². The molecule has 0 bridgehead atoms. The maximum atomic E-state index is 11.6. The highest BCUT2D eigenvalue weighted by Crippen LogP contribution is 2.18. The zero-order chi connectivity index (χ0) is 10.8. The minimum absolute atomic E-state index is 0.320. The van der Waals surface area contributed by atoms with Crippen LogP contribution in [0.1, 0.15) is 10.4 Å². The van der Waals surface area contributed by atoms with Gasteiger partial charge in [-0.25, -0.2) is 14.8 Å². The number of halogens is 3. The molecule has 76 valence electrons. The van der Waals surface area contributed by atoms with Gasteiger partial charge in [-0.05, 0) is 0 Å². The Bertz CT molecular complexity index is 335. The number of hydrogen-bond acceptors (Lipinski definition) is 4. The maximum absolute atomic E-state index is 11.6. The van der Waals surface area contributed by atoms with Crippen LogP contribution in [0.15, 0.2) is 12.4 Å². The molecule has 5 nitrogen and oxygen atoms in total. The van der Waals surface area contributed by atoms with E-state index in [9.17, 15) is 18.0 Å². The van der Waals surface area contributed by atoms with Crippen LogP contribution in [0, 0.1) is 0 Å². The summed E-state index contributed by atoms with van der Waals surface area (Å²) in [6.07, 6.45) is -3.45. The van der Waals surface area contributed by atoms with Gasteiger partial charge in [0.1, 0.15) is 0 Å². The van der Waals surface area contributed by atoms with Crippen LogP contribution in [0.4, 0.5) is 13.2 Å². The van der Waals surface area contributed by atoms with Gasteiger partial charge >= 0.3 is 18.3 Å². The lowest BCUT2D eigenvalue weighted by molar-refractivity contribution is -0.277. The van der Waals surface area contributed by atoms with Gasteiger partial charge in [-0.2, -0.15) is 0 Å². The Morgan fingerprint density at radius 2 is 1.86 bits per heavy atom. The molecule has 0 aliphatic carbocycles. The summed E-state index contributed by atoms with van der Waals surface area (Å²) in [7, 11) is 0. The molecule has 0 aliphatic heterocycles. The normalized spacial score (nSPS) is 11.1. The van der Waals surface area contributed by atoms with E-state index in [1.54, 1.807) is 0 Å². The molecule has 14 heavy (non-hydrogen) atoms. The number of aromatic nitrogens is 2. The molecule has 0 aromatic carbocycles. The average Bonchev–Trinajstić information content (AvgIpc) is 2.02. The van der Waals surface area contributed by atoms with Crippen LogP contribution in [0.3, 0.4) is 0 Å². The van der Waals surface area contributed by atoms with Crippen molar-refractivity contribution in [2.45, 2.75) is 6.36 Å². The van der Waals surface area contributed by atoms with Gasteiger partial charge in [0.25, 0.3) is 0 Å². The summed E-state index contributed by atoms with van der Waals surface area (Å²) in [5.74, 6) is -1.33. The van der Waals surface area contributed by atoms with Crippen LogP contribution in [0.5, 0.6) is 6.01 Å². The van der Waals surface area contributed by atoms with Gasteiger partial charge in [-0.3, -0.25) is 0 Å². The van der Waals surface area contributed by atoms with Crippen LogP contribution in [0.2, 0.25) is 0 Å². The lowest BCUT2D eigenvalue weighted by Gasteiger charge is -2.05. The minimum Gasteiger partial charge on any atom is -0.478 e. The molecule has 1 N–H and O–H groups in total. The Morgan fingerprint density at radius 3 is 2.21 bits per heavy atom. The third-order valence-corrected chi connectivity index (χ3v) is 1.08. The Morgan fingerprint density at radius 1 is 1.36 bits per heavy atom. The second kappa shape index (κ2) is 3.48. The van der Waals surface area contributed by atoms with Crippen molar-refractivity contribution in [2.75, 3.05) is 0 Å². The van der Waals surface area contributed by atoms with Crippen molar-refractivity contribution in [3.63, 3.8) is 0 Å². The molecule has 1 heterocycles. The minimum atomic E-state index is -4.88. The molecule has 1 aromatic rings. The van der Waals surface area contributed by atoms with Gasteiger partial charge in [-0.1, -0.05) is 0 Å². The highest BCUT2D eigenvalue weighted by Gasteiger charge is 2.32. The molecule has 8 heteroatoms. The standard InChI is InChI=1S/C6H3F3N2O3/c7-6(8,9)14-5-10-1-3(2-11-5)4(12)13/h1-2H,(H,12,13). The SMILES string of the molecule is O=C(O)c1cnc(OC(F)(F)F)nc1. The van der Waals surface area contributed by atoms with Crippen molar-refractivity contribution >= 4 is 5.97 Å². The van der Waals surface area contributed by atoms with Gasteiger partial charge in [0.2, 0.25) is 0 Å². The predicted molar refractivity (Wildman–Crippen MR) is 35.7 cm³/mol. The first kappa shape index (κ1) is 10.2. The molecular formula is C6H3F3N2O3. The number of carboxylic acids is 1. The Balaban J connectivity index is 2.79. The van der Waals surface area contributed by atoms with Gasteiger partial charge in [-0.15, -0.1) is 13.2 Å². The summed E-state index contributed by atoms with van der Waals surface area (Å²) in [6, 6.07) is -0.942. The molecule has 0 atom stereocenters. The van der Waals surface area contributed by atoms with E-state index in [0.29, 0.717) is 0 Å². The van der Waals surface area contributed by atoms with Crippen molar-refractivity contribution in [1.82, 2.24) is 9.97 Å². The molecule has 0 saturated carbocycles. The zero-order valence-electron chi connectivity index (χ0n) is 6.45. The van der Waals surface area contributed by atoms with Crippen molar-refractivity contribution in [3.05, 3.63) is 18.0 Å². The lowest BCUT2D eigenvalue weighted by atomic mass is 10.4. The Labute approximate surface area is 75.2 Å². The molecule has 0 unspecified atom stereocenters. The van der Waals surface area contributed by atoms with Crippen molar-refractivity contribution < 1.29 is 27.8 Å². The molecule has 0 amide bonds. The monoisotopic (exact) mass is 208 g/mol. The third-order valence-electron chi connectivity index (χ3n) is 1.08. The van der Waals surface area contributed by atoms with Crippen molar-refractivity contribution in [2.24, 2.45) is 0 Å². The molecule has 0 aliphatic rings. The number of carboxylic acid groups (broad SMARTS) is 1. The van der Waals surface area contributed by atoms with E-state index in [2.05, 4.69) is 14.7 Å². The van der Waals surface area contributed by atoms with E-state index in [-0.39, 0.29) is 5.56 Å². The molecule has 1 rings (SSSR count). The van der Waals surface area contributed by atoms with E-state index < -0.39 is 18.3 Å². The van der Waals surface area contributed by atoms with E-state index in [1.165, 1.54) is 0 Å². The van der Waals surface area contributed by atoms with Crippen LogP contribution in [-0.2, 0) is 0 Å². The second-order valence-electron chi connectivity index (χ2n) is 2.11. The molecule has 0 fully saturated rings. The highest BCUT2D eigenvalue weighted by molar-refractivity contribution is 5.86. The molecule has 1 aromatic heterocycles. The van der Waals surface area contributed by atoms with Crippen LogP contribution in [0.25, 0.3) is 0 Å². The molecule has 0 saturated heterocycles. The quantitative estimate of drug-likeness (QED) is 0.786. The van der Waals surface area contributed by atoms with Gasteiger partial charge in [0, 0.05) is 12.4 Å². The van der Waals surface area contributed by atoms with Gasteiger partial charge in [0.15, 0.2) is 0 Å². The number of carbonyl (C=O) groups is 1. The highest BCUT2D eigenvalue weighted by atomic mass is 19.4. The molecular weight excluding hydrogens is 205 g/mol. The molecule has 0 spiro atoms. The first-order chi connectivity index (χ1) is 6.38. The summed E-state index contributed by atoms with van der Waals surface area (Å²) >= 11 is 0. The lowest BCUT2D eigenvalue weighted by Crippen LogP contribution is -2.19.